The van der Waals surface area contributed by atoms with Gasteiger partial charge in [-0.15, -0.1) is 0 Å². The van der Waals surface area contributed by atoms with Crippen molar-refractivity contribution >= 4 is 0 Å². The zero-order valence-electron chi connectivity index (χ0n) is 11.2. The molecule has 0 aliphatic rings. The van der Waals surface area contributed by atoms with E-state index in [0.717, 1.165) is 12.3 Å². The molecule has 0 fully saturated rings. The minimum atomic E-state index is 0.158. The molecule has 19 heavy (non-hydrogen) atoms. The lowest BCUT2D eigenvalue weighted by Crippen LogP contribution is -2.27. The molecule has 0 spiro atoms. The molecular weight excluding hydrogens is 236 g/mol. The Bertz CT molecular complexity index is 482. The van der Waals surface area contributed by atoms with Crippen molar-refractivity contribution in [2.75, 3.05) is 13.7 Å². The van der Waals surface area contributed by atoms with Crippen molar-refractivity contribution in [2.45, 2.75) is 12.6 Å². The van der Waals surface area contributed by atoms with Gasteiger partial charge in [-0.1, -0.05) is 42.5 Å². The second kappa shape index (κ2) is 6.92. The fraction of sp³-hybridized carbons (Fsp3) is 0.250. The molecular formula is C16H20N2O. The van der Waals surface area contributed by atoms with Gasteiger partial charge in [0.2, 0.25) is 0 Å². The van der Waals surface area contributed by atoms with Crippen LogP contribution in [0.4, 0.5) is 0 Å². The van der Waals surface area contributed by atoms with Crippen LogP contribution in [0.1, 0.15) is 17.2 Å². The van der Waals surface area contributed by atoms with Crippen LogP contribution in [0.3, 0.4) is 0 Å². The van der Waals surface area contributed by atoms with E-state index in [1.807, 2.05) is 42.5 Å². The molecule has 0 bridgehead atoms. The number of ether oxygens (including phenoxy) is 1. The Morgan fingerprint density at radius 2 is 1.74 bits per heavy atom. The molecule has 0 radical (unpaired) electrons. The first-order chi connectivity index (χ1) is 9.33. The molecule has 0 aliphatic carbocycles. The van der Waals surface area contributed by atoms with Gasteiger partial charge in [0.25, 0.3) is 0 Å². The summed E-state index contributed by atoms with van der Waals surface area (Å²) in [4.78, 5) is 0. The maximum atomic E-state index is 5.85. The van der Waals surface area contributed by atoms with Crippen LogP contribution in [0.2, 0.25) is 0 Å². The molecule has 0 saturated heterocycles. The first kappa shape index (κ1) is 13.6. The molecule has 1 unspecified atom stereocenters. The third kappa shape index (κ3) is 3.81. The molecule has 3 heteroatoms. The first-order valence-corrected chi connectivity index (χ1v) is 6.45. The Kier molecular flexibility index (Phi) is 4.95. The number of benzene rings is 2. The van der Waals surface area contributed by atoms with Crippen molar-refractivity contribution in [2.24, 2.45) is 5.73 Å². The van der Waals surface area contributed by atoms with Gasteiger partial charge in [0.15, 0.2) is 0 Å². The van der Waals surface area contributed by atoms with Crippen LogP contribution in [0.25, 0.3) is 0 Å². The molecule has 2 aromatic carbocycles. The van der Waals surface area contributed by atoms with Crippen molar-refractivity contribution in [3.05, 3.63) is 65.7 Å². The van der Waals surface area contributed by atoms with Crippen molar-refractivity contribution in [1.29, 1.82) is 0 Å². The quantitative estimate of drug-likeness (QED) is 0.834. The third-order valence-electron chi connectivity index (χ3n) is 3.15. The average Bonchev–Trinajstić information content (AvgIpc) is 2.49. The van der Waals surface area contributed by atoms with E-state index in [1.54, 1.807) is 7.11 Å². The molecule has 0 amide bonds. The Balaban J connectivity index is 1.99. The summed E-state index contributed by atoms with van der Waals surface area (Å²) in [5, 5.41) is 3.47. The van der Waals surface area contributed by atoms with Gasteiger partial charge in [-0.3, -0.25) is 0 Å². The van der Waals surface area contributed by atoms with E-state index in [1.165, 1.54) is 11.1 Å². The average molecular weight is 256 g/mol. The minimum Gasteiger partial charge on any atom is -0.497 e. The highest BCUT2D eigenvalue weighted by molar-refractivity contribution is 5.29. The number of rotatable bonds is 6. The number of methoxy groups -OCH3 is 1. The van der Waals surface area contributed by atoms with Crippen LogP contribution in [-0.4, -0.2) is 13.7 Å². The summed E-state index contributed by atoms with van der Waals surface area (Å²) in [7, 11) is 1.67. The van der Waals surface area contributed by atoms with Crippen LogP contribution in [-0.2, 0) is 6.54 Å². The molecule has 2 aromatic rings. The number of nitrogens with two attached hydrogens (primary N) is 1. The Hall–Kier alpha value is -1.84. The van der Waals surface area contributed by atoms with Crippen LogP contribution in [0.5, 0.6) is 5.75 Å². The zero-order valence-corrected chi connectivity index (χ0v) is 11.2. The predicted octanol–water partition coefficient (Wildman–Crippen LogP) is 2.48. The van der Waals surface area contributed by atoms with Crippen LogP contribution in [0.15, 0.2) is 54.6 Å². The molecule has 0 aromatic heterocycles. The summed E-state index contributed by atoms with van der Waals surface area (Å²) < 4.78 is 5.16. The molecule has 3 nitrogen and oxygen atoms in total. The second-order valence-electron chi connectivity index (χ2n) is 4.43. The number of hydrogen-bond acceptors (Lipinski definition) is 3. The Labute approximate surface area is 114 Å². The lowest BCUT2D eigenvalue weighted by Gasteiger charge is -2.17. The van der Waals surface area contributed by atoms with Crippen molar-refractivity contribution in [3.63, 3.8) is 0 Å². The number of nitrogens with one attached hydrogen (secondary N) is 1. The minimum absolute atomic E-state index is 0.158. The van der Waals surface area contributed by atoms with Crippen LogP contribution < -0.4 is 15.8 Å². The predicted molar refractivity (Wildman–Crippen MR) is 78.1 cm³/mol. The number of hydrogen-bond donors (Lipinski definition) is 2. The fourth-order valence-corrected chi connectivity index (χ4v) is 2.01. The monoisotopic (exact) mass is 256 g/mol. The standard InChI is InChI=1S/C16H20N2O/c1-19-15-9-7-14(8-10-15)16(11-17)18-12-13-5-3-2-4-6-13/h2-10,16,18H,11-12,17H2,1H3. The smallest absolute Gasteiger partial charge is 0.118 e. The summed E-state index contributed by atoms with van der Waals surface area (Å²) in [5.74, 6) is 0.864. The van der Waals surface area contributed by atoms with Gasteiger partial charge >= 0.3 is 0 Å². The van der Waals surface area contributed by atoms with Crippen LogP contribution in [0, 0.1) is 0 Å². The molecule has 2 rings (SSSR count). The SMILES string of the molecule is COc1ccc(C(CN)NCc2ccccc2)cc1. The van der Waals surface area contributed by atoms with E-state index in [4.69, 9.17) is 10.5 Å². The van der Waals surface area contributed by atoms with Gasteiger partial charge in [-0.25, -0.2) is 0 Å². The van der Waals surface area contributed by atoms with Gasteiger partial charge < -0.3 is 15.8 Å². The zero-order chi connectivity index (χ0) is 13.5. The summed E-state index contributed by atoms with van der Waals surface area (Å²) in [5.41, 5.74) is 8.28. The van der Waals surface area contributed by atoms with Gasteiger partial charge in [-0.05, 0) is 23.3 Å². The van der Waals surface area contributed by atoms with E-state index >= 15 is 0 Å². The lowest BCUT2D eigenvalue weighted by atomic mass is 10.1. The highest BCUT2D eigenvalue weighted by Gasteiger charge is 2.08. The topological polar surface area (TPSA) is 47.3 Å². The molecule has 0 heterocycles. The summed E-state index contributed by atoms with van der Waals surface area (Å²) >= 11 is 0. The maximum absolute atomic E-state index is 5.85. The van der Waals surface area contributed by atoms with Gasteiger partial charge in [-0.2, -0.15) is 0 Å². The molecule has 0 aliphatic heterocycles. The highest BCUT2D eigenvalue weighted by Crippen LogP contribution is 2.17. The fourth-order valence-electron chi connectivity index (χ4n) is 2.01. The summed E-state index contributed by atoms with van der Waals surface area (Å²) in [6.45, 7) is 1.38. The lowest BCUT2D eigenvalue weighted by molar-refractivity contribution is 0.414. The maximum Gasteiger partial charge on any atom is 0.118 e. The van der Waals surface area contributed by atoms with E-state index < -0.39 is 0 Å². The summed E-state index contributed by atoms with van der Waals surface area (Å²) in [6.07, 6.45) is 0. The van der Waals surface area contributed by atoms with Gasteiger partial charge in [0.05, 0.1) is 7.11 Å². The molecule has 3 N–H and O–H groups in total. The normalized spacial score (nSPS) is 12.1. The van der Waals surface area contributed by atoms with Gasteiger partial charge in [0.1, 0.15) is 5.75 Å². The van der Waals surface area contributed by atoms with E-state index in [9.17, 15) is 0 Å². The third-order valence-corrected chi connectivity index (χ3v) is 3.15. The van der Waals surface area contributed by atoms with Crippen molar-refractivity contribution in [1.82, 2.24) is 5.32 Å². The highest BCUT2D eigenvalue weighted by atomic mass is 16.5. The molecule has 1 atom stereocenters. The Morgan fingerprint density at radius 3 is 2.32 bits per heavy atom. The van der Waals surface area contributed by atoms with E-state index in [-0.39, 0.29) is 6.04 Å². The van der Waals surface area contributed by atoms with Crippen molar-refractivity contribution in [3.8, 4) is 5.75 Å². The van der Waals surface area contributed by atoms with Gasteiger partial charge in [0, 0.05) is 19.1 Å². The molecule has 100 valence electrons. The Morgan fingerprint density at radius 1 is 1.05 bits per heavy atom. The largest absolute Gasteiger partial charge is 0.497 e. The second-order valence-corrected chi connectivity index (χ2v) is 4.43. The van der Waals surface area contributed by atoms with E-state index in [2.05, 4.69) is 17.4 Å². The van der Waals surface area contributed by atoms with Crippen molar-refractivity contribution < 1.29 is 4.74 Å². The van der Waals surface area contributed by atoms with E-state index in [0.29, 0.717) is 6.54 Å². The first-order valence-electron chi connectivity index (χ1n) is 6.45. The molecule has 0 saturated carbocycles. The van der Waals surface area contributed by atoms with Crippen LogP contribution >= 0.6 is 0 Å². The summed E-state index contributed by atoms with van der Waals surface area (Å²) in [6, 6.07) is 18.5.